The molecule has 1 unspecified atom stereocenters. The number of nitrogens with zero attached hydrogens (tertiary/aromatic N) is 1. The summed E-state index contributed by atoms with van der Waals surface area (Å²) < 4.78 is 19.1. The van der Waals surface area contributed by atoms with Crippen LogP contribution in [-0.4, -0.2) is 5.78 Å². The first-order valence-electron chi connectivity index (χ1n) is 7.41. The molecule has 1 aromatic carbocycles. The van der Waals surface area contributed by atoms with Gasteiger partial charge in [-0.3, -0.25) is 4.79 Å². The highest BCUT2D eigenvalue weighted by Crippen LogP contribution is 2.45. The Hall–Kier alpha value is -2.61. The lowest BCUT2D eigenvalue weighted by atomic mass is 9.74. The topological polar surface area (TPSA) is 76.1 Å². The van der Waals surface area contributed by atoms with Crippen molar-refractivity contribution in [2.45, 2.75) is 32.8 Å². The fourth-order valence-corrected chi connectivity index (χ4v) is 3.13. The number of hydrogen-bond donors (Lipinski definition) is 1. The Morgan fingerprint density at radius 1 is 1.30 bits per heavy atom. The van der Waals surface area contributed by atoms with Crippen LogP contribution < -0.4 is 5.73 Å². The van der Waals surface area contributed by atoms with Crippen molar-refractivity contribution in [3.05, 3.63) is 58.2 Å². The van der Waals surface area contributed by atoms with Crippen LogP contribution in [-0.2, 0) is 9.53 Å². The molecule has 0 spiro atoms. The summed E-state index contributed by atoms with van der Waals surface area (Å²) in [7, 11) is 0. The number of ether oxygens (including phenoxy) is 1. The molecule has 1 aliphatic carbocycles. The second-order valence-electron chi connectivity index (χ2n) is 6.73. The molecule has 0 saturated carbocycles. The maximum absolute atomic E-state index is 13.1. The van der Waals surface area contributed by atoms with E-state index in [0.717, 1.165) is 0 Å². The standard InChI is InChI=1S/C18H17FN2O2/c1-18(2)7-13(22)15-14(8-18)23-17(12(9-20)16(15)21)10-3-5-11(19)6-4-10/h3-6,17H,7-8,21H2,1-2H3. The number of carbonyl (C=O) groups is 1. The van der Waals surface area contributed by atoms with Crippen LogP contribution in [0.5, 0.6) is 0 Å². The zero-order chi connectivity index (χ0) is 16.8. The van der Waals surface area contributed by atoms with Crippen molar-refractivity contribution in [1.29, 1.82) is 5.26 Å². The second-order valence-corrected chi connectivity index (χ2v) is 6.73. The number of halogens is 1. The number of carbonyl (C=O) groups excluding carboxylic acids is 1. The van der Waals surface area contributed by atoms with Crippen LogP contribution in [0, 0.1) is 22.6 Å². The lowest BCUT2D eigenvalue weighted by Crippen LogP contribution is -2.33. The van der Waals surface area contributed by atoms with Crippen molar-refractivity contribution >= 4 is 5.78 Å². The van der Waals surface area contributed by atoms with Crippen molar-refractivity contribution in [2.24, 2.45) is 11.1 Å². The van der Waals surface area contributed by atoms with Gasteiger partial charge >= 0.3 is 0 Å². The maximum atomic E-state index is 13.1. The molecule has 5 heteroatoms. The summed E-state index contributed by atoms with van der Waals surface area (Å²) >= 11 is 0. The molecular weight excluding hydrogens is 295 g/mol. The van der Waals surface area contributed by atoms with Crippen LogP contribution >= 0.6 is 0 Å². The van der Waals surface area contributed by atoms with Gasteiger partial charge in [-0.05, 0) is 23.1 Å². The number of hydrogen-bond acceptors (Lipinski definition) is 4. The zero-order valence-corrected chi connectivity index (χ0v) is 13.0. The van der Waals surface area contributed by atoms with Crippen molar-refractivity contribution in [3.63, 3.8) is 0 Å². The molecule has 2 N–H and O–H groups in total. The van der Waals surface area contributed by atoms with Gasteiger partial charge in [-0.25, -0.2) is 4.39 Å². The molecule has 1 heterocycles. The summed E-state index contributed by atoms with van der Waals surface area (Å²) in [4.78, 5) is 12.4. The third-order valence-corrected chi connectivity index (χ3v) is 4.21. The largest absolute Gasteiger partial charge is 0.484 e. The lowest BCUT2D eigenvalue weighted by Gasteiger charge is -2.37. The molecule has 0 amide bonds. The minimum absolute atomic E-state index is 0.0981. The second kappa shape index (κ2) is 5.24. The van der Waals surface area contributed by atoms with E-state index in [9.17, 15) is 14.4 Å². The normalized spacial score (nSPS) is 23.2. The van der Waals surface area contributed by atoms with Crippen LogP contribution in [0.3, 0.4) is 0 Å². The van der Waals surface area contributed by atoms with Gasteiger partial charge in [0.25, 0.3) is 0 Å². The Labute approximate surface area is 134 Å². The molecule has 0 aromatic heterocycles. The van der Waals surface area contributed by atoms with E-state index >= 15 is 0 Å². The third kappa shape index (κ3) is 2.61. The van der Waals surface area contributed by atoms with E-state index in [-0.39, 0.29) is 28.3 Å². The number of rotatable bonds is 1. The summed E-state index contributed by atoms with van der Waals surface area (Å²) in [5, 5.41) is 9.45. The summed E-state index contributed by atoms with van der Waals surface area (Å²) in [6, 6.07) is 7.78. The minimum Gasteiger partial charge on any atom is -0.484 e. The average molecular weight is 312 g/mol. The van der Waals surface area contributed by atoms with E-state index in [4.69, 9.17) is 10.5 Å². The van der Waals surface area contributed by atoms with Crippen LogP contribution in [0.15, 0.2) is 46.9 Å². The van der Waals surface area contributed by atoms with Gasteiger partial charge in [0, 0.05) is 12.8 Å². The Bertz CT molecular complexity index is 782. The van der Waals surface area contributed by atoms with E-state index in [2.05, 4.69) is 0 Å². The highest BCUT2D eigenvalue weighted by Gasteiger charge is 2.41. The number of nitrogens with two attached hydrogens (primary N) is 1. The van der Waals surface area contributed by atoms with Gasteiger partial charge < -0.3 is 10.5 Å². The van der Waals surface area contributed by atoms with E-state index < -0.39 is 6.10 Å². The molecule has 118 valence electrons. The molecule has 0 radical (unpaired) electrons. The van der Waals surface area contributed by atoms with E-state index in [0.29, 0.717) is 29.7 Å². The molecule has 2 aliphatic rings. The fraction of sp³-hybridized carbons (Fsp3) is 0.333. The van der Waals surface area contributed by atoms with Gasteiger partial charge in [0.1, 0.15) is 17.6 Å². The Balaban J connectivity index is 2.09. The van der Waals surface area contributed by atoms with Gasteiger partial charge in [-0.15, -0.1) is 0 Å². The van der Waals surface area contributed by atoms with E-state index in [1.54, 1.807) is 12.1 Å². The van der Waals surface area contributed by atoms with Crippen LogP contribution in [0.1, 0.15) is 38.4 Å². The maximum Gasteiger partial charge on any atom is 0.168 e. The van der Waals surface area contributed by atoms with Gasteiger partial charge in [-0.2, -0.15) is 5.26 Å². The van der Waals surface area contributed by atoms with E-state index in [1.807, 2.05) is 19.9 Å². The van der Waals surface area contributed by atoms with E-state index in [1.165, 1.54) is 12.1 Å². The third-order valence-electron chi connectivity index (χ3n) is 4.21. The Morgan fingerprint density at radius 3 is 2.57 bits per heavy atom. The molecule has 0 fully saturated rings. The smallest absolute Gasteiger partial charge is 0.168 e. The van der Waals surface area contributed by atoms with Crippen molar-refractivity contribution in [2.75, 3.05) is 0 Å². The molecule has 0 bridgehead atoms. The number of nitriles is 1. The molecule has 4 nitrogen and oxygen atoms in total. The Kier molecular flexibility index (Phi) is 3.48. The van der Waals surface area contributed by atoms with Crippen molar-refractivity contribution in [3.8, 4) is 6.07 Å². The summed E-state index contributed by atoms with van der Waals surface area (Å²) in [5.74, 6) is 0.0602. The van der Waals surface area contributed by atoms with Crippen molar-refractivity contribution in [1.82, 2.24) is 0 Å². The zero-order valence-electron chi connectivity index (χ0n) is 13.0. The SMILES string of the molecule is CC1(C)CC(=O)C2=C(C1)OC(c1ccc(F)cc1)C(C#N)=C2N. The number of allylic oxidation sites excluding steroid dienone is 2. The number of benzene rings is 1. The first kappa shape index (κ1) is 15.3. The van der Waals surface area contributed by atoms with Crippen LogP contribution in [0.4, 0.5) is 4.39 Å². The number of Topliss-reactive ketones (excluding diaryl/α,β-unsaturated/α-hetero) is 1. The van der Waals surface area contributed by atoms with Crippen molar-refractivity contribution < 1.29 is 13.9 Å². The first-order valence-corrected chi connectivity index (χ1v) is 7.41. The number of ketones is 1. The summed E-state index contributed by atoms with van der Waals surface area (Å²) in [6.07, 6.45) is 0.238. The molecule has 1 aliphatic heterocycles. The summed E-state index contributed by atoms with van der Waals surface area (Å²) in [5.41, 5.74) is 7.24. The highest BCUT2D eigenvalue weighted by atomic mass is 19.1. The summed E-state index contributed by atoms with van der Waals surface area (Å²) in [6.45, 7) is 3.98. The molecule has 3 rings (SSSR count). The quantitative estimate of drug-likeness (QED) is 0.863. The Morgan fingerprint density at radius 2 is 1.96 bits per heavy atom. The average Bonchev–Trinajstić information content (AvgIpc) is 2.45. The first-order chi connectivity index (χ1) is 10.8. The van der Waals surface area contributed by atoms with Crippen LogP contribution in [0.2, 0.25) is 0 Å². The lowest BCUT2D eigenvalue weighted by molar-refractivity contribution is -0.118. The highest BCUT2D eigenvalue weighted by molar-refractivity contribution is 6.01. The molecule has 1 atom stereocenters. The van der Waals surface area contributed by atoms with Gasteiger partial charge in [-0.1, -0.05) is 26.0 Å². The molecule has 0 saturated heterocycles. The van der Waals surface area contributed by atoms with Crippen LogP contribution in [0.25, 0.3) is 0 Å². The molecule has 1 aromatic rings. The van der Waals surface area contributed by atoms with Gasteiger partial charge in [0.2, 0.25) is 0 Å². The molecule has 23 heavy (non-hydrogen) atoms. The monoisotopic (exact) mass is 312 g/mol. The fourth-order valence-electron chi connectivity index (χ4n) is 3.13. The van der Waals surface area contributed by atoms with Gasteiger partial charge in [0.05, 0.1) is 16.8 Å². The minimum atomic E-state index is -0.707. The predicted molar refractivity (Wildman–Crippen MR) is 82.1 cm³/mol. The predicted octanol–water partition coefficient (Wildman–Crippen LogP) is 3.28. The van der Waals surface area contributed by atoms with Gasteiger partial charge in [0.15, 0.2) is 11.9 Å². The molecular formula is C18H17FN2O2.